The molecule has 1 saturated heterocycles. The van der Waals surface area contributed by atoms with E-state index in [9.17, 15) is 9.59 Å². The molecule has 6 heteroatoms. The van der Waals surface area contributed by atoms with Crippen LogP contribution in [0.2, 0.25) is 0 Å². The Morgan fingerprint density at radius 2 is 2.28 bits per heavy atom. The Hall–Kier alpha value is -1.56. The Labute approximate surface area is 113 Å². The average molecular weight is 313 g/mol. The molecule has 0 radical (unpaired) electrons. The van der Waals surface area contributed by atoms with Crippen molar-refractivity contribution in [3.8, 4) is 0 Å². The Balaban J connectivity index is 2.32. The zero-order valence-corrected chi connectivity index (χ0v) is 11.4. The van der Waals surface area contributed by atoms with Gasteiger partial charge in [-0.15, -0.1) is 0 Å². The van der Waals surface area contributed by atoms with Crippen molar-refractivity contribution in [2.75, 3.05) is 23.8 Å². The topological polar surface area (TPSA) is 69.6 Å². The van der Waals surface area contributed by atoms with E-state index in [1.165, 1.54) is 4.90 Å². The monoisotopic (exact) mass is 312 g/mol. The van der Waals surface area contributed by atoms with Crippen LogP contribution in [-0.2, 0) is 9.59 Å². The van der Waals surface area contributed by atoms with Crippen molar-refractivity contribution in [1.29, 1.82) is 0 Å². The Bertz CT molecular complexity index is 504. The molecule has 0 bridgehead atoms. The van der Waals surface area contributed by atoms with Gasteiger partial charge >= 0.3 is 5.97 Å². The van der Waals surface area contributed by atoms with Crippen molar-refractivity contribution in [2.24, 2.45) is 5.92 Å². The number of anilines is 2. The van der Waals surface area contributed by atoms with Crippen molar-refractivity contribution in [2.45, 2.75) is 6.42 Å². The van der Waals surface area contributed by atoms with Crippen LogP contribution in [0, 0.1) is 5.92 Å². The van der Waals surface area contributed by atoms with Gasteiger partial charge in [0.25, 0.3) is 0 Å². The molecule has 1 aliphatic rings. The molecule has 2 rings (SSSR count). The molecule has 1 atom stereocenters. The van der Waals surface area contributed by atoms with E-state index in [1.807, 2.05) is 12.1 Å². The minimum atomic E-state index is -0.922. The van der Waals surface area contributed by atoms with Crippen molar-refractivity contribution in [3.05, 3.63) is 22.7 Å². The smallest absolute Gasteiger partial charge is 0.308 e. The number of carbonyl (C=O) groups is 2. The number of carboxylic acid groups (broad SMARTS) is 1. The molecule has 0 aliphatic carbocycles. The molecular formula is C12H13BrN2O3. The Kier molecular flexibility index (Phi) is 3.56. The van der Waals surface area contributed by atoms with Gasteiger partial charge < -0.3 is 15.3 Å². The summed E-state index contributed by atoms with van der Waals surface area (Å²) in [5.41, 5.74) is 1.51. The maximum atomic E-state index is 11.9. The standard InChI is InChI=1S/C12H13BrN2O3/c1-14-9-5-8(13)2-3-10(9)15-6-7(12(17)18)4-11(15)16/h2-3,5,7,14H,4,6H2,1H3,(H,17,18). The van der Waals surface area contributed by atoms with Gasteiger partial charge in [-0.25, -0.2) is 0 Å². The molecule has 1 aromatic carbocycles. The maximum Gasteiger partial charge on any atom is 0.308 e. The first kappa shape index (κ1) is 12.9. The summed E-state index contributed by atoms with van der Waals surface area (Å²) >= 11 is 3.36. The summed E-state index contributed by atoms with van der Waals surface area (Å²) < 4.78 is 0.900. The maximum absolute atomic E-state index is 11.9. The van der Waals surface area contributed by atoms with Gasteiger partial charge in [0, 0.05) is 24.5 Å². The van der Waals surface area contributed by atoms with Crippen LogP contribution in [0.25, 0.3) is 0 Å². The summed E-state index contributed by atoms with van der Waals surface area (Å²) in [5, 5.41) is 12.0. The molecule has 1 amide bonds. The fraction of sp³-hybridized carbons (Fsp3) is 0.333. The first-order valence-electron chi connectivity index (χ1n) is 5.53. The van der Waals surface area contributed by atoms with E-state index >= 15 is 0 Å². The number of aliphatic carboxylic acids is 1. The SMILES string of the molecule is CNc1cc(Br)ccc1N1CC(C(=O)O)CC1=O. The Morgan fingerprint density at radius 3 is 2.83 bits per heavy atom. The molecule has 1 aromatic rings. The summed E-state index contributed by atoms with van der Waals surface area (Å²) in [7, 11) is 1.76. The zero-order valence-electron chi connectivity index (χ0n) is 9.81. The van der Waals surface area contributed by atoms with Gasteiger partial charge in [-0.05, 0) is 18.2 Å². The number of carboxylic acids is 1. The van der Waals surface area contributed by atoms with E-state index in [0.717, 1.165) is 15.8 Å². The largest absolute Gasteiger partial charge is 0.481 e. The summed E-state index contributed by atoms with van der Waals surface area (Å²) in [6, 6.07) is 5.49. The van der Waals surface area contributed by atoms with Gasteiger partial charge in [0.15, 0.2) is 0 Å². The lowest BCUT2D eigenvalue weighted by Crippen LogP contribution is -2.26. The van der Waals surface area contributed by atoms with Gasteiger partial charge in [0.1, 0.15) is 0 Å². The van der Waals surface area contributed by atoms with Crippen LogP contribution in [0.4, 0.5) is 11.4 Å². The molecular weight excluding hydrogens is 300 g/mol. The van der Waals surface area contributed by atoms with E-state index in [4.69, 9.17) is 5.11 Å². The number of hydrogen-bond acceptors (Lipinski definition) is 3. The van der Waals surface area contributed by atoms with E-state index in [2.05, 4.69) is 21.2 Å². The van der Waals surface area contributed by atoms with Gasteiger partial charge in [0.2, 0.25) is 5.91 Å². The summed E-state index contributed by atoms with van der Waals surface area (Å²) in [6.07, 6.45) is 0.0640. The highest BCUT2D eigenvalue weighted by Gasteiger charge is 2.35. The van der Waals surface area contributed by atoms with Gasteiger partial charge in [-0.1, -0.05) is 15.9 Å². The number of nitrogens with zero attached hydrogens (tertiary/aromatic N) is 1. The lowest BCUT2D eigenvalue weighted by atomic mass is 10.1. The highest BCUT2D eigenvalue weighted by molar-refractivity contribution is 9.10. The summed E-state index contributed by atoms with van der Waals surface area (Å²) in [4.78, 5) is 24.3. The quantitative estimate of drug-likeness (QED) is 0.894. The van der Waals surface area contributed by atoms with E-state index in [-0.39, 0.29) is 18.9 Å². The number of hydrogen-bond donors (Lipinski definition) is 2. The number of rotatable bonds is 3. The average Bonchev–Trinajstić information content (AvgIpc) is 2.71. The molecule has 1 heterocycles. The van der Waals surface area contributed by atoms with Crippen LogP contribution >= 0.6 is 15.9 Å². The molecule has 5 nitrogen and oxygen atoms in total. The zero-order chi connectivity index (χ0) is 13.3. The number of carbonyl (C=O) groups excluding carboxylic acids is 1. The van der Waals surface area contributed by atoms with E-state index in [1.54, 1.807) is 13.1 Å². The minimum absolute atomic E-state index is 0.0640. The van der Waals surface area contributed by atoms with Crippen molar-refractivity contribution in [3.63, 3.8) is 0 Å². The van der Waals surface area contributed by atoms with Crippen molar-refractivity contribution < 1.29 is 14.7 Å². The number of nitrogens with one attached hydrogen (secondary N) is 1. The van der Waals surface area contributed by atoms with Crippen LogP contribution < -0.4 is 10.2 Å². The second-order valence-electron chi connectivity index (χ2n) is 4.16. The van der Waals surface area contributed by atoms with Crippen LogP contribution in [0.15, 0.2) is 22.7 Å². The summed E-state index contributed by atoms with van der Waals surface area (Å²) in [6.45, 7) is 0.227. The lowest BCUT2D eigenvalue weighted by Gasteiger charge is -2.20. The molecule has 96 valence electrons. The van der Waals surface area contributed by atoms with Crippen LogP contribution in [0.5, 0.6) is 0 Å². The third-order valence-electron chi connectivity index (χ3n) is 2.99. The molecule has 1 unspecified atom stereocenters. The predicted molar refractivity (Wildman–Crippen MR) is 71.8 cm³/mol. The highest BCUT2D eigenvalue weighted by atomic mass is 79.9. The fourth-order valence-electron chi connectivity index (χ4n) is 2.05. The Morgan fingerprint density at radius 1 is 1.56 bits per heavy atom. The molecule has 1 aliphatic heterocycles. The highest BCUT2D eigenvalue weighted by Crippen LogP contribution is 2.33. The van der Waals surface area contributed by atoms with Gasteiger partial charge in [0.05, 0.1) is 17.3 Å². The van der Waals surface area contributed by atoms with Crippen molar-refractivity contribution >= 4 is 39.2 Å². The van der Waals surface area contributed by atoms with Crippen LogP contribution in [-0.4, -0.2) is 30.6 Å². The van der Waals surface area contributed by atoms with Crippen LogP contribution in [0.1, 0.15) is 6.42 Å². The van der Waals surface area contributed by atoms with E-state index < -0.39 is 11.9 Å². The molecule has 1 fully saturated rings. The molecule has 2 N–H and O–H groups in total. The van der Waals surface area contributed by atoms with Crippen molar-refractivity contribution in [1.82, 2.24) is 0 Å². The third-order valence-corrected chi connectivity index (χ3v) is 3.49. The second kappa shape index (κ2) is 4.97. The predicted octanol–water partition coefficient (Wildman–Crippen LogP) is 1.93. The first-order chi connectivity index (χ1) is 8.52. The minimum Gasteiger partial charge on any atom is -0.481 e. The fourth-order valence-corrected chi connectivity index (χ4v) is 2.41. The van der Waals surface area contributed by atoms with E-state index in [0.29, 0.717) is 0 Å². The molecule has 0 spiro atoms. The van der Waals surface area contributed by atoms with Gasteiger partial charge in [-0.3, -0.25) is 9.59 Å². The normalized spacial score (nSPS) is 19.1. The molecule has 18 heavy (non-hydrogen) atoms. The van der Waals surface area contributed by atoms with Crippen LogP contribution in [0.3, 0.4) is 0 Å². The number of halogens is 1. The third kappa shape index (κ3) is 2.33. The lowest BCUT2D eigenvalue weighted by molar-refractivity contribution is -0.141. The number of amides is 1. The van der Waals surface area contributed by atoms with Gasteiger partial charge in [-0.2, -0.15) is 0 Å². The first-order valence-corrected chi connectivity index (χ1v) is 6.32. The number of benzene rings is 1. The molecule has 0 aromatic heterocycles. The molecule has 0 saturated carbocycles. The second-order valence-corrected chi connectivity index (χ2v) is 5.07. The summed E-state index contributed by atoms with van der Waals surface area (Å²) in [5.74, 6) is -1.69.